The summed E-state index contributed by atoms with van der Waals surface area (Å²) in [5, 5.41) is 8.92. The van der Waals surface area contributed by atoms with E-state index in [4.69, 9.17) is 15.7 Å². The lowest BCUT2D eigenvalue weighted by molar-refractivity contribution is 0.137. The third-order valence-corrected chi connectivity index (χ3v) is 2.81. The molecule has 0 spiro atoms. The lowest BCUT2D eigenvalue weighted by Gasteiger charge is -2.22. The van der Waals surface area contributed by atoms with E-state index in [1.54, 1.807) is 7.11 Å². The van der Waals surface area contributed by atoms with Crippen LogP contribution in [0.4, 0.5) is 5.82 Å². The van der Waals surface area contributed by atoms with E-state index in [1.807, 2.05) is 4.57 Å². The number of rotatable bonds is 2. The monoisotopic (exact) mass is 206 g/mol. The van der Waals surface area contributed by atoms with Gasteiger partial charge in [-0.2, -0.15) is 5.26 Å². The summed E-state index contributed by atoms with van der Waals surface area (Å²) < 4.78 is 7.04. The molecule has 0 fully saturated rings. The predicted octanol–water partition coefficient (Wildman–Crippen LogP) is 0.546. The summed E-state index contributed by atoms with van der Waals surface area (Å²) in [5.74, 6) is 1.76. The fourth-order valence-electron chi connectivity index (χ4n) is 2.08. The van der Waals surface area contributed by atoms with Crippen LogP contribution in [0, 0.1) is 17.2 Å². The number of methoxy groups -OCH3 is 1. The molecule has 5 heteroatoms. The average molecular weight is 206 g/mol. The van der Waals surface area contributed by atoms with Gasteiger partial charge in [0, 0.05) is 26.7 Å². The van der Waals surface area contributed by atoms with Gasteiger partial charge in [-0.05, 0) is 12.3 Å². The summed E-state index contributed by atoms with van der Waals surface area (Å²) in [7, 11) is 1.70. The summed E-state index contributed by atoms with van der Waals surface area (Å²) >= 11 is 0. The minimum absolute atomic E-state index is 0.352. The van der Waals surface area contributed by atoms with Crippen LogP contribution in [0.15, 0.2) is 0 Å². The smallest absolute Gasteiger partial charge is 0.164 e. The Hall–Kier alpha value is -1.54. The average Bonchev–Trinajstić information content (AvgIpc) is 2.53. The van der Waals surface area contributed by atoms with Crippen LogP contribution in [0.5, 0.6) is 0 Å². The van der Waals surface area contributed by atoms with Crippen molar-refractivity contribution in [2.45, 2.75) is 19.4 Å². The van der Waals surface area contributed by atoms with Crippen molar-refractivity contribution >= 4 is 5.82 Å². The number of hydrogen-bond acceptors (Lipinski definition) is 4. The molecule has 0 bridgehead atoms. The second-order valence-corrected chi connectivity index (χ2v) is 3.84. The Balaban J connectivity index is 2.25. The molecule has 1 atom stereocenters. The van der Waals surface area contributed by atoms with Crippen LogP contribution in [-0.4, -0.2) is 23.3 Å². The fourth-order valence-corrected chi connectivity index (χ4v) is 2.08. The Morgan fingerprint density at radius 3 is 3.20 bits per heavy atom. The maximum absolute atomic E-state index is 8.92. The van der Waals surface area contributed by atoms with Crippen LogP contribution in [0.2, 0.25) is 0 Å². The van der Waals surface area contributed by atoms with Gasteiger partial charge in [-0.1, -0.05) is 0 Å². The predicted molar refractivity (Wildman–Crippen MR) is 55.0 cm³/mol. The van der Waals surface area contributed by atoms with E-state index in [2.05, 4.69) is 11.1 Å². The Morgan fingerprint density at radius 1 is 1.73 bits per heavy atom. The van der Waals surface area contributed by atoms with E-state index >= 15 is 0 Å². The van der Waals surface area contributed by atoms with Gasteiger partial charge < -0.3 is 15.0 Å². The highest BCUT2D eigenvalue weighted by molar-refractivity contribution is 5.46. The van der Waals surface area contributed by atoms with E-state index in [0.29, 0.717) is 17.4 Å². The standard InChI is InChI=1S/C10H14N4O/c1-15-6-7-2-3-14-8(5-11)10(12)13-9(14)4-7/h7H,2-4,6,12H2,1H3. The molecule has 5 nitrogen and oxygen atoms in total. The SMILES string of the molecule is COCC1CCn2c(nc(N)c2C#N)C1. The first-order valence-electron chi connectivity index (χ1n) is 5.00. The maximum Gasteiger partial charge on any atom is 0.164 e. The van der Waals surface area contributed by atoms with Crippen molar-refractivity contribution in [1.82, 2.24) is 9.55 Å². The molecule has 2 heterocycles. The quantitative estimate of drug-likeness (QED) is 0.766. The minimum Gasteiger partial charge on any atom is -0.384 e. The van der Waals surface area contributed by atoms with E-state index in [1.165, 1.54) is 0 Å². The molecule has 1 aromatic rings. The minimum atomic E-state index is 0.352. The summed E-state index contributed by atoms with van der Waals surface area (Å²) in [5.41, 5.74) is 6.17. The molecular weight excluding hydrogens is 192 g/mol. The van der Waals surface area contributed by atoms with E-state index in [0.717, 1.165) is 31.8 Å². The van der Waals surface area contributed by atoms with Gasteiger partial charge >= 0.3 is 0 Å². The molecule has 0 amide bonds. The molecule has 1 aliphatic rings. The van der Waals surface area contributed by atoms with Crippen molar-refractivity contribution in [1.29, 1.82) is 5.26 Å². The third kappa shape index (κ3) is 1.68. The van der Waals surface area contributed by atoms with Gasteiger partial charge in [-0.3, -0.25) is 0 Å². The molecule has 0 saturated heterocycles. The Kier molecular flexibility index (Phi) is 2.60. The summed E-state index contributed by atoms with van der Waals surface area (Å²) in [6, 6.07) is 2.09. The number of nitriles is 1. The first-order valence-corrected chi connectivity index (χ1v) is 5.00. The summed E-state index contributed by atoms with van der Waals surface area (Å²) in [6.45, 7) is 1.56. The maximum atomic E-state index is 8.92. The van der Waals surface area contributed by atoms with E-state index < -0.39 is 0 Å². The molecule has 15 heavy (non-hydrogen) atoms. The molecule has 2 rings (SSSR count). The fraction of sp³-hybridized carbons (Fsp3) is 0.600. The summed E-state index contributed by atoms with van der Waals surface area (Å²) in [4.78, 5) is 4.22. The zero-order chi connectivity index (χ0) is 10.8. The van der Waals surface area contributed by atoms with Crippen LogP contribution in [0.3, 0.4) is 0 Å². The van der Waals surface area contributed by atoms with Crippen molar-refractivity contribution in [3.63, 3.8) is 0 Å². The number of hydrogen-bond donors (Lipinski definition) is 1. The van der Waals surface area contributed by atoms with Crippen molar-refractivity contribution in [3.05, 3.63) is 11.5 Å². The van der Waals surface area contributed by atoms with Crippen molar-refractivity contribution in [2.24, 2.45) is 5.92 Å². The molecule has 80 valence electrons. The molecule has 2 N–H and O–H groups in total. The molecule has 1 aromatic heterocycles. The van der Waals surface area contributed by atoms with Crippen LogP contribution >= 0.6 is 0 Å². The van der Waals surface area contributed by atoms with Gasteiger partial charge in [-0.25, -0.2) is 4.98 Å². The van der Waals surface area contributed by atoms with Crippen LogP contribution in [-0.2, 0) is 17.7 Å². The Labute approximate surface area is 88.5 Å². The van der Waals surface area contributed by atoms with E-state index in [-0.39, 0.29) is 0 Å². The van der Waals surface area contributed by atoms with Gasteiger partial charge in [0.25, 0.3) is 0 Å². The second kappa shape index (κ2) is 3.91. The van der Waals surface area contributed by atoms with Gasteiger partial charge in [-0.15, -0.1) is 0 Å². The number of nitrogen functional groups attached to an aromatic ring is 1. The zero-order valence-electron chi connectivity index (χ0n) is 8.73. The molecule has 0 saturated carbocycles. The lowest BCUT2D eigenvalue weighted by atomic mass is 9.99. The Morgan fingerprint density at radius 2 is 2.53 bits per heavy atom. The number of nitrogens with two attached hydrogens (primary N) is 1. The molecule has 0 radical (unpaired) electrons. The van der Waals surface area contributed by atoms with Crippen molar-refractivity contribution in [3.8, 4) is 6.07 Å². The molecule has 1 unspecified atom stereocenters. The highest BCUT2D eigenvalue weighted by Crippen LogP contribution is 2.24. The number of imidazole rings is 1. The second-order valence-electron chi connectivity index (χ2n) is 3.84. The molecular formula is C10H14N4O. The third-order valence-electron chi connectivity index (χ3n) is 2.81. The van der Waals surface area contributed by atoms with E-state index in [9.17, 15) is 0 Å². The van der Waals surface area contributed by atoms with Crippen molar-refractivity contribution < 1.29 is 4.74 Å². The normalized spacial score (nSPS) is 19.6. The van der Waals surface area contributed by atoms with Crippen LogP contribution < -0.4 is 5.73 Å². The van der Waals surface area contributed by atoms with Crippen LogP contribution in [0.25, 0.3) is 0 Å². The first kappa shape index (κ1) is 9.99. The molecule has 0 aromatic carbocycles. The Bertz CT molecular complexity index is 404. The largest absolute Gasteiger partial charge is 0.384 e. The highest BCUT2D eigenvalue weighted by Gasteiger charge is 2.23. The van der Waals surface area contributed by atoms with Gasteiger partial charge in [0.05, 0.1) is 0 Å². The number of nitrogens with zero attached hydrogens (tertiary/aromatic N) is 3. The van der Waals surface area contributed by atoms with Crippen molar-refractivity contribution in [2.75, 3.05) is 19.5 Å². The molecule has 1 aliphatic heterocycles. The molecule has 0 aliphatic carbocycles. The lowest BCUT2D eigenvalue weighted by Crippen LogP contribution is -2.23. The van der Waals surface area contributed by atoms with Gasteiger partial charge in [0.1, 0.15) is 11.9 Å². The van der Waals surface area contributed by atoms with Crippen LogP contribution in [0.1, 0.15) is 17.9 Å². The number of ether oxygens (including phenoxy) is 1. The first-order chi connectivity index (χ1) is 7.26. The zero-order valence-corrected chi connectivity index (χ0v) is 8.73. The number of anilines is 1. The number of aromatic nitrogens is 2. The topological polar surface area (TPSA) is 76.9 Å². The summed E-state index contributed by atoms with van der Waals surface area (Å²) in [6.07, 6.45) is 1.87. The van der Waals surface area contributed by atoms with Gasteiger partial charge in [0.15, 0.2) is 11.5 Å². The van der Waals surface area contributed by atoms with Gasteiger partial charge in [0.2, 0.25) is 0 Å². The highest BCUT2D eigenvalue weighted by atomic mass is 16.5. The number of fused-ring (bicyclic) bond motifs is 1.